The lowest BCUT2D eigenvalue weighted by Crippen LogP contribution is -2.42. The van der Waals surface area contributed by atoms with Gasteiger partial charge in [0, 0.05) is 24.6 Å². The van der Waals surface area contributed by atoms with Gasteiger partial charge in [-0.3, -0.25) is 14.5 Å². The van der Waals surface area contributed by atoms with E-state index in [2.05, 4.69) is 16.6 Å². The zero-order chi connectivity index (χ0) is 16.4. The van der Waals surface area contributed by atoms with Crippen LogP contribution >= 0.6 is 0 Å². The molecular formula is C16H21N3O3S. The average Bonchev–Trinajstić information content (AvgIpc) is 2.79. The molecule has 6 nitrogen and oxygen atoms in total. The summed E-state index contributed by atoms with van der Waals surface area (Å²) >= 11 is 0. The van der Waals surface area contributed by atoms with Crippen molar-refractivity contribution in [3.63, 3.8) is 0 Å². The number of nitrogens with zero attached hydrogens (tertiary/aromatic N) is 2. The number of fused-ring (bicyclic) bond motifs is 1. The second-order valence-corrected chi connectivity index (χ2v) is 7.66. The fourth-order valence-electron chi connectivity index (χ4n) is 3.13. The molecule has 1 atom stereocenters. The minimum absolute atomic E-state index is 0.0932. The normalized spacial score (nSPS) is 24.3. The van der Waals surface area contributed by atoms with Crippen molar-refractivity contribution in [1.29, 1.82) is 0 Å². The Kier molecular flexibility index (Phi) is 4.39. The Morgan fingerprint density at radius 2 is 2.13 bits per heavy atom. The molecule has 1 aromatic rings. The Labute approximate surface area is 136 Å². The molecule has 23 heavy (non-hydrogen) atoms. The van der Waals surface area contributed by atoms with Crippen LogP contribution in [0.25, 0.3) is 0 Å². The van der Waals surface area contributed by atoms with Gasteiger partial charge in [-0.2, -0.15) is 0 Å². The predicted octanol–water partition coefficient (Wildman–Crippen LogP) is 1.52. The molecule has 0 spiro atoms. The molecule has 2 aliphatic heterocycles. The highest BCUT2D eigenvalue weighted by molar-refractivity contribution is 7.90. The zero-order valence-corrected chi connectivity index (χ0v) is 14.0. The van der Waals surface area contributed by atoms with Crippen molar-refractivity contribution in [1.82, 2.24) is 9.62 Å². The van der Waals surface area contributed by atoms with Gasteiger partial charge < -0.3 is 4.90 Å². The standard InChI is InChI=1S/C16H21N3O3S/c1-12-6-4-5-11-19(12)15(20)9-10-17-16-13-7-2-3-8-14(13)23(21,22)18-16/h2-3,7-8,12H,4-6,9-11H2,1H3,(H,17,18). The fourth-order valence-corrected chi connectivity index (χ4v) is 4.38. The van der Waals surface area contributed by atoms with Crippen molar-refractivity contribution in [3.05, 3.63) is 29.8 Å². The van der Waals surface area contributed by atoms with Gasteiger partial charge in [-0.15, -0.1) is 0 Å². The fraction of sp³-hybridized carbons (Fsp3) is 0.500. The number of hydrogen-bond donors (Lipinski definition) is 1. The summed E-state index contributed by atoms with van der Waals surface area (Å²) in [5.74, 6) is 0.427. The maximum Gasteiger partial charge on any atom is 0.263 e. The highest BCUT2D eigenvalue weighted by Crippen LogP contribution is 2.22. The van der Waals surface area contributed by atoms with Crippen LogP contribution in [0.1, 0.15) is 38.2 Å². The van der Waals surface area contributed by atoms with Gasteiger partial charge >= 0.3 is 0 Å². The number of amides is 1. The summed E-state index contributed by atoms with van der Waals surface area (Å²) in [6.07, 6.45) is 3.58. The maximum absolute atomic E-state index is 12.3. The molecule has 2 aliphatic rings. The molecule has 1 N–H and O–H groups in total. The van der Waals surface area contributed by atoms with Crippen molar-refractivity contribution in [2.45, 2.75) is 43.5 Å². The summed E-state index contributed by atoms with van der Waals surface area (Å²) in [7, 11) is -3.51. The lowest BCUT2D eigenvalue weighted by atomic mass is 10.0. The summed E-state index contributed by atoms with van der Waals surface area (Å²) in [4.78, 5) is 18.7. The quantitative estimate of drug-likeness (QED) is 0.909. The first kappa shape index (κ1) is 16.0. The van der Waals surface area contributed by atoms with Gasteiger partial charge in [0.05, 0.1) is 11.4 Å². The Balaban J connectivity index is 1.66. The molecule has 7 heteroatoms. The number of piperidine rings is 1. The van der Waals surface area contributed by atoms with Gasteiger partial charge in [-0.05, 0) is 38.3 Å². The van der Waals surface area contributed by atoms with E-state index in [9.17, 15) is 13.2 Å². The van der Waals surface area contributed by atoms with Crippen LogP contribution in [0, 0.1) is 0 Å². The van der Waals surface area contributed by atoms with Crippen LogP contribution in [0.3, 0.4) is 0 Å². The van der Waals surface area contributed by atoms with Crippen LogP contribution in [0.5, 0.6) is 0 Å². The third-order valence-corrected chi connectivity index (χ3v) is 5.78. The SMILES string of the molecule is CC1CCCCN1C(=O)CCN=C1NS(=O)(=O)c2ccccc21. The van der Waals surface area contributed by atoms with Crippen LogP contribution in [0.15, 0.2) is 34.2 Å². The third kappa shape index (κ3) is 3.24. The van der Waals surface area contributed by atoms with Crippen molar-refractivity contribution >= 4 is 21.8 Å². The molecule has 1 aromatic carbocycles. The predicted molar refractivity (Wildman–Crippen MR) is 87.8 cm³/mol. The van der Waals surface area contributed by atoms with Crippen LogP contribution in [-0.2, 0) is 14.8 Å². The van der Waals surface area contributed by atoms with E-state index >= 15 is 0 Å². The van der Waals surface area contributed by atoms with E-state index in [0.29, 0.717) is 17.8 Å². The summed E-state index contributed by atoms with van der Waals surface area (Å²) in [6.45, 7) is 3.17. The molecule has 3 rings (SSSR count). The van der Waals surface area contributed by atoms with Gasteiger partial charge in [0.2, 0.25) is 5.91 Å². The van der Waals surface area contributed by atoms with Gasteiger partial charge in [0.15, 0.2) is 0 Å². The van der Waals surface area contributed by atoms with Crippen LogP contribution in [0.4, 0.5) is 0 Å². The molecule has 1 saturated heterocycles. The number of benzene rings is 1. The van der Waals surface area contributed by atoms with E-state index < -0.39 is 10.0 Å². The van der Waals surface area contributed by atoms with Crippen LogP contribution in [-0.4, -0.2) is 44.2 Å². The lowest BCUT2D eigenvalue weighted by molar-refractivity contribution is -0.134. The highest BCUT2D eigenvalue weighted by atomic mass is 32.2. The molecule has 0 radical (unpaired) electrons. The molecule has 2 heterocycles. The molecule has 1 amide bonds. The average molecular weight is 335 g/mol. The largest absolute Gasteiger partial charge is 0.340 e. The maximum atomic E-state index is 12.3. The first-order valence-corrected chi connectivity index (χ1v) is 9.43. The number of carbonyl (C=O) groups is 1. The number of likely N-dealkylation sites (tertiary alicyclic amines) is 1. The second-order valence-electron chi connectivity index (χ2n) is 6.01. The van der Waals surface area contributed by atoms with E-state index in [1.807, 2.05) is 4.90 Å². The zero-order valence-electron chi connectivity index (χ0n) is 13.2. The van der Waals surface area contributed by atoms with E-state index in [4.69, 9.17) is 0 Å². The topological polar surface area (TPSA) is 78.8 Å². The van der Waals surface area contributed by atoms with Crippen LogP contribution < -0.4 is 4.72 Å². The monoisotopic (exact) mass is 335 g/mol. The molecule has 1 fully saturated rings. The van der Waals surface area contributed by atoms with E-state index in [0.717, 1.165) is 19.4 Å². The van der Waals surface area contributed by atoms with E-state index in [-0.39, 0.29) is 23.4 Å². The van der Waals surface area contributed by atoms with E-state index in [1.165, 1.54) is 6.42 Å². The van der Waals surface area contributed by atoms with Crippen LogP contribution in [0.2, 0.25) is 0 Å². The smallest absolute Gasteiger partial charge is 0.263 e. The third-order valence-electron chi connectivity index (χ3n) is 4.38. The van der Waals surface area contributed by atoms with Gasteiger partial charge in [0.25, 0.3) is 10.0 Å². The molecule has 0 aromatic heterocycles. The summed E-state index contributed by atoms with van der Waals surface area (Å²) in [5.41, 5.74) is 0.575. The molecule has 0 saturated carbocycles. The Bertz CT molecular complexity index is 743. The van der Waals surface area contributed by atoms with Gasteiger partial charge in [-0.25, -0.2) is 8.42 Å². The molecular weight excluding hydrogens is 314 g/mol. The molecule has 0 aliphatic carbocycles. The van der Waals surface area contributed by atoms with Crippen molar-refractivity contribution < 1.29 is 13.2 Å². The number of nitrogens with one attached hydrogen (secondary N) is 1. The van der Waals surface area contributed by atoms with Crippen molar-refractivity contribution in [3.8, 4) is 0 Å². The van der Waals surface area contributed by atoms with E-state index in [1.54, 1.807) is 24.3 Å². The molecule has 1 unspecified atom stereocenters. The first-order valence-electron chi connectivity index (χ1n) is 7.95. The molecule has 0 bridgehead atoms. The number of rotatable bonds is 3. The number of sulfonamides is 1. The second kappa shape index (κ2) is 6.31. The summed E-state index contributed by atoms with van der Waals surface area (Å²) in [5, 5.41) is 0. The Morgan fingerprint density at radius 1 is 1.35 bits per heavy atom. The number of aliphatic imine (C=N–C) groups is 1. The van der Waals surface area contributed by atoms with Gasteiger partial charge in [0.1, 0.15) is 5.84 Å². The lowest BCUT2D eigenvalue weighted by Gasteiger charge is -2.33. The Morgan fingerprint density at radius 3 is 2.91 bits per heavy atom. The summed E-state index contributed by atoms with van der Waals surface area (Å²) in [6, 6.07) is 7.02. The number of amidine groups is 1. The van der Waals surface area contributed by atoms with Gasteiger partial charge in [-0.1, -0.05) is 12.1 Å². The molecule has 124 valence electrons. The highest BCUT2D eigenvalue weighted by Gasteiger charge is 2.30. The number of carbonyl (C=O) groups excluding carboxylic acids is 1. The first-order chi connectivity index (χ1) is 11.0. The van der Waals surface area contributed by atoms with Crippen molar-refractivity contribution in [2.75, 3.05) is 13.1 Å². The minimum Gasteiger partial charge on any atom is -0.340 e. The minimum atomic E-state index is -3.51. The Hall–Kier alpha value is -1.89. The summed E-state index contributed by atoms with van der Waals surface area (Å²) < 4.78 is 26.4. The number of hydrogen-bond acceptors (Lipinski definition) is 4. The van der Waals surface area contributed by atoms with Crippen molar-refractivity contribution in [2.24, 2.45) is 4.99 Å².